The van der Waals surface area contributed by atoms with Crippen LogP contribution in [0.3, 0.4) is 0 Å². The molecule has 3 aliphatic rings. The zero-order chi connectivity index (χ0) is 47.0. The number of amides is 1. The number of carbonyl (C=O) groups excluding carboxylic acids is 1. The smallest absolute Gasteiger partial charge is 0.380 e. The summed E-state index contributed by atoms with van der Waals surface area (Å²) >= 11 is 1.45. The third-order valence-corrected chi connectivity index (χ3v) is 16.2. The number of carbonyl (C=O) groups is 1. The van der Waals surface area contributed by atoms with Gasteiger partial charge in [0, 0.05) is 99.8 Å². The Hall–Kier alpha value is -4.01. The SMILES string of the molecule is C=C(CCC(F)F)C1=C(CN2CCN(c3ccc(C(=O)NS(=O)(=O)c4ccc(NC(CCN5CCNCC5)CSc5ccccc5)c(S(=O)(=O)C(F)(F)F)c4)cc3)CC2)CCC(C)(C)C1. The molecule has 0 spiro atoms. The Morgan fingerprint density at radius 1 is 0.892 bits per heavy atom. The van der Waals surface area contributed by atoms with Crippen molar-refractivity contribution in [1.29, 1.82) is 0 Å². The molecule has 0 radical (unpaired) electrons. The second-order valence-corrected chi connectivity index (χ2v) is 22.3. The lowest BCUT2D eigenvalue weighted by Crippen LogP contribution is -2.47. The van der Waals surface area contributed by atoms with E-state index >= 15 is 0 Å². The highest BCUT2D eigenvalue weighted by Gasteiger charge is 2.48. The molecule has 2 fully saturated rings. The van der Waals surface area contributed by atoms with Crippen LogP contribution in [0.5, 0.6) is 0 Å². The Kier molecular flexibility index (Phi) is 16.9. The van der Waals surface area contributed by atoms with E-state index in [1.165, 1.54) is 29.5 Å². The molecule has 11 nitrogen and oxygen atoms in total. The summed E-state index contributed by atoms with van der Waals surface area (Å²) in [6.07, 6.45) is 0.854. The molecule has 2 aliphatic heterocycles. The largest absolute Gasteiger partial charge is 0.501 e. The number of benzene rings is 3. The zero-order valence-electron chi connectivity index (χ0n) is 36.8. The van der Waals surface area contributed by atoms with Gasteiger partial charge in [-0.25, -0.2) is 30.3 Å². The van der Waals surface area contributed by atoms with Crippen molar-refractivity contribution in [3.63, 3.8) is 0 Å². The highest BCUT2D eigenvalue weighted by Crippen LogP contribution is 2.43. The van der Waals surface area contributed by atoms with Gasteiger partial charge in [-0.15, -0.1) is 11.8 Å². The summed E-state index contributed by atoms with van der Waals surface area (Å²) in [6.45, 7) is 15.8. The number of hydrogen-bond donors (Lipinski definition) is 3. The molecule has 2 heterocycles. The van der Waals surface area contributed by atoms with Gasteiger partial charge in [0.25, 0.3) is 25.8 Å². The van der Waals surface area contributed by atoms with Gasteiger partial charge in [-0.2, -0.15) is 13.2 Å². The van der Waals surface area contributed by atoms with Crippen LogP contribution < -0.4 is 20.3 Å². The van der Waals surface area contributed by atoms with Crippen LogP contribution in [0.4, 0.5) is 33.3 Å². The van der Waals surface area contributed by atoms with E-state index in [0.717, 1.165) is 98.9 Å². The van der Waals surface area contributed by atoms with Crippen LogP contribution in [0.2, 0.25) is 0 Å². The number of anilines is 2. The summed E-state index contributed by atoms with van der Waals surface area (Å²) in [5.41, 5.74) is -2.15. The molecule has 2 saturated heterocycles. The molecular weight excluding hydrogens is 908 g/mol. The van der Waals surface area contributed by atoms with Crippen LogP contribution in [0.15, 0.2) is 111 Å². The Morgan fingerprint density at radius 3 is 2.22 bits per heavy atom. The van der Waals surface area contributed by atoms with Crippen molar-refractivity contribution in [1.82, 2.24) is 19.8 Å². The van der Waals surface area contributed by atoms with Gasteiger partial charge in [-0.1, -0.05) is 49.8 Å². The van der Waals surface area contributed by atoms with Crippen LogP contribution in [-0.2, 0) is 19.9 Å². The van der Waals surface area contributed by atoms with Crippen molar-refractivity contribution in [2.75, 3.05) is 81.4 Å². The third kappa shape index (κ3) is 13.8. The average Bonchev–Trinajstić information content (AvgIpc) is 3.27. The zero-order valence-corrected chi connectivity index (χ0v) is 39.3. The number of alkyl halides is 5. The van der Waals surface area contributed by atoms with E-state index in [2.05, 4.69) is 45.8 Å². The predicted molar refractivity (Wildman–Crippen MR) is 247 cm³/mol. The topological polar surface area (TPSA) is 131 Å². The molecule has 1 unspecified atom stereocenters. The number of hydrogen-bond acceptors (Lipinski definition) is 11. The van der Waals surface area contributed by atoms with Gasteiger partial charge in [0.15, 0.2) is 0 Å². The van der Waals surface area contributed by atoms with Crippen LogP contribution in [0.1, 0.15) is 62.7 Å². The molecule has 3 aromatic rings. The Morgan fingerprint density at radius 2 is 1.57 bits per heavy atom. The van der Waals surface area contributed by atoms with Gasteiger partial charge in [-0.3, -0.25) is 9.69 Å². The van der Waals surface area contributed by atoms with Gasteiger partial charge in [0.05, 0.1) is 10.6 Å². The quantitative estimate of drug-likeness (QED) is 0.0795. The van der Waals surface area contributed by atoms with Crippen molar-refractivity contribution in [2.24, 2.45) is 5.41 Å². The molecule has 0 bridgehead atoms. The monoisotopic (exact) mass is 966 g/mol. The van der Waals surface area contributed by atoms with E-state index in [0.29, 0.717) is 37.9 Å². The summed E-state index contributed by atoms with van der Waals surface area (Å²) in [4.78, 5) is 18.8. The highest BCUT2D eigenvalue weighted by molar-refractivity contribution is 7.99. The van der Waals surface area contributed by atoms with E-state index in [4.69, 9.17) is 0 Å². The lowest BCUT2D eigenvalue weighted by Gasteiger charge is -2.39. The summed E-state index contributed by atoms with van der Waals surface area (Å²) in [5.74, 6) is -0.680. The molecule has 1 aliphatic carbocycles. The Balaban J connectivity index is 1.12. The van der Waals surface area contributed by atoms with E-state index in [9.17, 15) is 43.6 Å². The van der Waals surface area contributed by atoms with Crippen LogP contribution in [0, 0.1) is 5.41 Å². The number of piperazine rings is 2. The van der Waals surface area contributed by atoms with Crippen LogP contribution >= 0.6 is 11.8 Å². The van der Waals surface area contributed by atoms with E-state index in [1.54, 1.807) is 12.1 Å². The van der Waals surface area contributed by atoms with Crippen LogP contribution in [0.25, 0.3) is 0 Å². The molecular formula is C46H59F5N6O5S3. The van der Waals surface area contributed by atoms with Crippen molar-refractivity contribution in [3.8, 4) is 0 Å². The molecule has 19 heteroatoms. The minimum atomic E-state index is -6.06. The number of nitrogens with zero attached hydrogens (tertiary/aromatic N) is 3. The lowest BCUT2D eigenvalue weighted by atomic mass is 9.72. The minimum absolute atomic E-state index is 0.0348. The summed E-state index contributed by atoms with van der Waals surface area (Å²) in [6, 6.07) is 17.5. The maximum Gasteiger partial charge on any atom is 0.501 e. The maximum atomic E-state index is 14.2. The number of nitrogens with one attached hydrogen (secondary N) is 3. The number of sulfone groups is 1. The highest BCUT2D eigenvalue weighted by atomic mass is 32.2. The molecule has 3 aromatic carbocycles. The van der Waals surface area contributed by atoms with E-state index in [1.807, 2.05) is 35.1 Å². The van der Waals surface area contributed by atoms with Crippen molar-refractivity contribution in [2.45, 2.75) is 85.0 Å². The molecule has 1 amide bonds. The molecule has 1 atom stereocenters. The number of sulfonamides is 1. The number of allylic oxidation sites excluding steroid dienone is 2. The molecule has 0 aromatic heterocycles. The fraction of sp³-hybridized carbons (Fsp3) is 0.500. The summed E-state index contributed by atoms with van der Waals surface area (Å²) in [7, 11) is -10.9. The fourth-order valence-corrected chi connectivity index (χ4v) is 11.4. The first-order valence-electron chi connectivity index (χ1n) is 21.9. The van der Waals surface area contributed by atoms with Gasteiger partial charge >= 0.3 is 5.51 Å². The number of halogens is 5. The Bertz CT molecular complexity index is 2370. The standard InChI is InChI=1S/C46H59F5N6O5S3/c1-33(9-16-43(47)48)40-30-45(2,3)19-17-35(40)31-56-25-27-57(28-26-56)37-12-10-34(11-13-37)44(58)54-65(61,62)39-14-15-41(42(29-39)64(59,60)46(49,50)51)53-36(18-22-55-23-20-52-21-24-55)32-63-38-7-5-4-6-8-38/h4-8,10-15,29,36,43,52-53H,1,9,16-28,30-32H2,2-3H3,(H,54,58). The third-order valence-electron chi connectivity index (χ3n) is 12.2. The van der Waals surface area contributed by atoms with Crippen molar-refractivity contribution < 1.29 is 43.6 Å². The molecule has 3 N–H and O–H groups in total. The molecule has 6 rings (SSSR count). The van der Waals surface area contributed by atoms with Gasteiger partial charge in [0.2, 0.25) is 6.43 Å². The number of rotatable bonds is 19. The van der Waals surface area contributed by atoms with Gasteiger partial charge in [0.1, 0.15) is 4.90 Å². The lowest BCUT2D eigenvalue weighted by molar-refractivity contribution is -0.0435. The van der Waals surface area contributed by atoms with E-state index in [-0.39, 0.29) is 23.8 Å². The number of thioether (sulfide) groups is 1. The van der Waals surface area contributed by atoms with E-state index < -0.39 is 59.2 Å². The van der Waals surface area contributed by atoms with Gasteiger partial charge in [-0.05, 0) is 97.7 Å². The normalized spacial score (nSPS) is 18.4. The first kappa shape index (κ1) is 50.4. The molecule has 65 heavy (non-hydrogen) atoms. The van der Waals surface area contributed by atoms with Crippen molar-refractivity contribution in [3.05, 3.63) is 102 Å². The Labute approximate surface area is 384 Å². The van der Waals surface area contributed by atoms with Crippen LogP contribution in [-0.4, -0.2) is 122 Å². The summed E-state index contributed by atoms with van der Waals surface area (Å²) < 4.78 is 124. The second kappa shape index (κ2) is 21.7. The minimum Gasteiger partial charge on any atom is -0.380 e. The first-order valence-corrected chi connectivity index (χ1v) is 25.8. The average molecular weight is 967 g/mol. The predicted octanol–water partition coefficient (Wildman–Crippen LogP) is 8.20. The van der Waals surface area contributed by atoms with Gasteiger partial charge < -0.3 is 20.4 Å². The maximum absolute atomic E-state index is 14.2. The molecule has 0 saturated carbocycles. The molecule has 356 valence electrons. The fourth-order valence-electron chi connectivity index (χ4n) is 8.35. The van der Waals surface area contributed by atoms with Crippen molar-refractivity contribution >= 4 is 48.9 Å². The first-order chi connectivity index (χ1) is 30.7. The second-order valence-electron chi connectivity index (χ2n) is 17.7. The summed E-state index contributed by atoms with van der Waals surface area (Å²) in [5, 5.41) is 6.26.